The average Bonchev–Trinajstić information content (AvgIpc) is 2.61. The van der Waals surface area contributed by atoms with Gasteiger partial charge in [0.05, 0.1) is 24.3 Å². The zero-order valence-electron chi connectivity index (χ0n) is 13.5. The topological polar surface area (TPSA) is 91.0 Å². The zero-order valence-corrected chi connectivity index (χ0v) is 14.3. The molecule has 3 rings (SSSR count). The largest absolute Gasteiger partial charge is 0.616 e. The maximum atomic E-state index is 11.6. The van der Waals surface area contributed by atoms with Gasteiger partial charge in [-0.25, -0.2) is 15.0 Å². The minimum absolute atomic E-state index is 0.472. The Morgan fingerprint density at radius 3 is 2.67 bits per heavy atom. The normalized spacial score (nSPS) is 15.0. The van der Waals surface area contributed by atoms with Crippen LogP contribution in [0.4, 0.5) is 11.6 Å². The first kappa shape index (κ1) is 16.6. The van der Waals surface area contributed by atoms with Gasteiger partial charge in [-0.3, -0.25) is 0 Å². The van der Waals surface area contributed by atoms with E-state index >= 15 is 0 Å². The van der Waals surface area contributed by atoms with Crippen molar-refractivity contribution in [1.82, 2.24) is 15.0 Å². The van der Waals surface area contributed by atoms with Crippen LogP contribution in [-0.2, 0) is 17.6 Å². The fourth-order valence-electron chi connectivity index (χ4n) is 2.51. The van der Waals surface area contributed by atoms with Gasteiger partial charge in [-0.2, -0.15) is 0 Å². The Labute approximate surface area is 144 Å². The van der Waals surface area contributed by atoms with Crippen LogP contribution in [0.15, 0.2) is 24.7 Å². The fourth-order valence-corrected chi connectivity index (χ4v) is 3.56. The van der Waals surface area contributed by atoms with Crippen LogP contribution < -0.4 is 10.6 Å². The SMILES string of the molecule is CCc1ncnc(N2CC[S+]([O-])CC2)c1C#Cc1ccc(N)nc1. The number of anilines is 2. The highest BCUT2D eigenvalue weighted by atomic mass is 32.2. The van der Waals surface area contributed by atoms with E-state index in [-0.39, 0.29) is 0 Å². The zero-order chi connectivity index (χ0) is 16.9. The van der Waals surface area contributed by atoms with Crippen molar-refractivity contribution in [1.29, 1.82) is 0 Å². The summed E-state index contributed by atoms with van der Waals surface area (Å²) >= 11 is -0.725. The van der Waals surface area contributed by atoms with Crippen LogP contribution in [0, 0.1) is 11.8 Å². The summed E-state index contributed by atoms with van der Waals surface area (Å²) in [6.07, 6.45) is 4.01. The molecule has 0 atom stereocenters. The molecule has 1 aliphatic rings. The number of hydrogen-bond acceptors (Lipinski definition) is 6. The molecule has 0 aliphatic carbocycles. The van der Waals surface area contributed by atoms with Crippen LogP contribution >= 0.6 is 0 Å². The number of hydrogen-bond donors (Lipinski definition) is 1. The van der Waals surface area contributed by atoms with Crippen LogP contribution in [0.3, 0.4) is 0 Å². The lowest BCUT2D eigenvalue weighted by Crippen LogP contribution is -2.41. The molecule has 0 unspecified atom stereocenters. The Balaban J connectivity index is 1.95. The Bertz CT molecular complexity index is 761. The van der Waals surface area contributed by atoms with E-state index in [4.69, 9.17) is 5.73 Å². The van der Waals surface area contributed by atoms with Crippen molar-refractivity contribution in [2.24, 2.45) is 0 Å². The van der Waals surface area contributed by atoms with Crippen molar-refractivity contribution in [3.05, 3.63) is 41.5 Å². The quantitative estimate of drug-likeness (QED) is 0.647. The van der Waals surface area contributed by atoms with Gasteiger partial charge in [-0.05, 0) is 18.6 Å². The summed E-state index contributed by atoms with van der Waals surface area (Å²) in [4.78, 5) is 15.0. The summed E-state index contributed by atoms with van der Waals surface area (Å²) in [5.41, 5.74) is 8.15. The molecule has 7 heteroatoms. The van der Waals surface area contributed by atoms with Gasteiger partial charge in [-0.1, -0.05) is 29.9 Å². The van der Waals surface area contributed by atoms with E-state index < -0.39 is 11.2 Å². The number of nitrogens with two attached hydrogens (primary N) is 1. The Hall–Kier alpha value is -2.30. The Morgan fingerprint density at radius 1 is 1.21 bits per heavy atom. The first-order valence-corrected chi connectivity index (χ1v) is 9.33. The Kier molecular flexibility index (Phi) is 5.18. The summed E-state index contributed by atoms with van der Waals surface area (Å²) < 4.78 is 11.6. The van der Waals surface area contributed by atoms with Crippen molar-refractivity contribution < 1.29 is 4.55 Å². The summed E-state index contributed by atoms with van der Waals surface area (Å²) in [6.45, 7) is 3.50. The van der Waals surface area contributed by atoms with Crippen molar-refractivity contribution in [2.45, 2.75) is 13.3 Å². The number of nitrogens with zero attached hydrogens (tertiary/aromatic N) is 4. The van der Waals surface area contributed by atoms with Gasteiger partial charge in [-0.15, -0.1) is 0 Å². The smallest absolute Gasteiger partial charge is 0.148 e. The van der Waals surface area contributed by atoms with E-state index in [1.54, 1.807) is 18.6 Å². The first-order chi connectivity index (χ1) is 11.7. The third kappa shape index (κ3) is 3.78. The summed E-state index contributed by atoms with van der Waals surface area (Å²) in [6, 6.07) is 3.57. The van der Waals surface area contributed by atoms with E-state index in [0.29, 0.717) is 17.3 Å². The first-order valence-electron chi connectivity index (χ1n) is 7.84. The Morgan fingerprint density at radius 2 is 2.00 bits per heavy atom. The molecule has 124 valence electrons. The van der Waals surface area contributed by atoms with E-state index in [1.807, 2.05) is 13.0 Å². The van der Waals surface area contributed by atoms with Gasteiger partial charge in [0, 0.05) is 11.8 Å². The van der Waals surface area contributed by atoms with Crippen LogP contribution in [-0.4, -0.2) is 44.1 Å². The van der Waals surface area contributed by atoms with Crippen LogP contribution in [0.1, 0.15) is 23.7 Å². The molecule has 0 saturated carbocycles. The summed E-state index contributed by atoms with van der Waals surface area (Å²) in [5.74, 6) is 8.95. The number of aromatic nitrogens is 3. The molecule has 2 N–H and O–H groups in total. The third-order valence-electron chi connectivity index (χ3n) is 3.84. The highest BCUT2D eigenvalue weighted by Crippen LogP contribution is 2.21. The van der Waals surface area contributed by atoms with Gasteiger partial charge in [0.2, 0.25) is 0 Å². The lowest BCUT2D eigenvalue weighted by atomic mass is 10.1. The van der Waals surface area contributed by atoms with E-state index in [9.17, 15) is 4.55 Å². The molecule has 1 fully saturated rings. The standard InChI is InChI=1S/C17H19N5OS/c1-2-15-14(5-3-13-4-6-16(18)19-11-13)17(21-12-20-15)22-7-9-24(23)10-8-22/h4,6,11-12H,2,7-10H2,1H3,(H2,18,19). The second-order valence-corrected chi connectivity index (χ2v) is 7.13. The number of rotatable bonds is 2. The van der Waals surface area contributed by atoms with Crippen LogP contribution in [0.5, 0.6) is 0 Å². The molecule has 1 saturated heterocycles. The molecule has 3 heterocycles. The second kappa shape index (κ2) is 7.51. The summed E-state index contributed by atoms with van der Waals surface area (Å²) in [5, 5.41) is 0. The highest BCUT2D eigenvalue weighted by Gasteiger charge is 2.23. The monoisotopic (exact) mass is 341 g/mol. The van der Waals surface area contributed by atoms with Crippen molar-refractivity contribution in [2.75, 3.05) is 35.2 Å². The van der Waals surface area contributed by atoms with E-state index in [2.05, 4.69) is 31.7 Å². The minimum Gasteiger partial charge on any atom is -0.616 e. The van der Waals surface area contributed by atoms with E-state index in [1.165, 1.54) is 0 Å². The lowest BCUT2D eigenvalue weighted by molar-refractivity contribution is 0.585. The van der Waals surface area contributed by atoms with Crippen LogP contribution in [0.2, 0.25) is 0 Å². The molecule has 0 bridgehead atoms. The molecular formula is C17H19N5OS. The molecular weight excluding hydrogens is 322 g/mol. The average molecular weight is 341 g/mol. The van der Waals surface area contributed by atoms with Crippen LogP contribution in [0.25, 0.3) is 0 Å². The van der Waals surface area contributed by atoms with Gasteiger partial charge in [0.25, 0.3) is 0 Å². The maximum Gasteiger partial charge on any atom is 0.148 e. The van der Waals surface area contributed by atoms with Gasteiger partial charge in [0.1, 0.15) is 29.5 Å². The predicted octanol–water partition coefficient (Wildman–Crippen LogP) is 0.985. The number of aryl methyl sites for hydroxylation is 1. The van der Waals surface area contributed by atoms with Crippen molar-refractivity contribution in [3.63, 3.8) is 0 Å². The molecule has 2 aromatic rings. The van der Waals surface area contributed by atoms with Gasteiger partial charge in [0.15, 0.2) is 0 Å². The molecule has 6 nitrogen and oxygen atoms in total. The predicted molar refractivity (Wildman–Crippen MR) is 96.1 cm³/mol. The molecule has 0 spiro atoms. The molecule has 24 heavy (non-hydrogen) atoms. The molecule has 0 amide bonds. The molecule has 0 aromatic carbocycles. The van der Waals surface area contributed by atoms with Crippen molar-refractivity contribution >= 4 is 22.8 Å². The van der Waals surface area contributed by atoms with Crippen molar-refractivity contribution in [3.8, 4) is 11.8 Å². The molecule has 1 aliphatic heterocycles. The number of nitrogen functional groups attached to an aromatic ring is 1. The van der Waals surface area contributed by atoms with Gasteiger partial charge >= 0.3 is 0 Å². The maximum absolute atomic E-state index is 11.6. The molecule has 2 aromatic heterocycles. The summed E-state index contributed by atoms with van der Waals surface area (Å²) in [7, 11) is 0. The highest BCUT2D eigenvalue weighted by molar-refractivity contribution is 7.91. The fraction of sp³-hybridized carbons (Fsp3) is 0.353. The minimum atomic E-state index is -0.725. The lowest BCUT2D eigenvalue weighted by Gasteiger charge is -2.29. The van der Waals surface area contributed by atoms with E-state index in [0.717, 1.165) is 42.1 Å². The second-order valence-electron chi connectivity index (χ2n) is 5.43. The molecule has 0 radical (unpaired) electrons. The third-order valence-corrected chi connectivity index (χ3v) is 5.11. The number of pyridine rings is 1. The van der Waals surface area contributed by atoms with Gasteiger partial charge < -0.3 is 15.2 Å².